The van der Waals surface area contributed by atoms with E-state index in [2.05, 4.69) is 10.3 Å². The summed E-state index contributed by atoms with van der Waals surface area (Å²) in [5.74, 6) is 0.0467. The van der Waals surface area contributed by atoms with Crippen molar-refractivity contribution < 1.29 is 9.72 Å². The molecule has 0 aliphatic rings. The van der Waals surface area contributed by atoms with Crippen LogP contribution in [0.3, 0.4) is 0 Å². The number of aryl methyl sites for hydroxylation is 1. The van der Waals surface area contributed by atoms with Crippen LogP contribution in [0, 0.1) is 17.0 Å². The molecular formula is C15H18N4O3S. The Labute approximate surface area is 138 Å². The first-order valence-corrected chi connectivity index (χ1v) is 8.07. The third-order valence-electron chi connectivity index (χ3n) is 3.22. The molecule has 0 aliphatic heterocycles. The molecule has 2 rings (SSSR count). The number of nitrogens with zero attached hydrogens (tertiary/aromatic N) is 3. The van der Waals surface area contributed by atoms with Crippen LogP contribution in [0.5, 0.6) is 0 Å². The van der Waals surface area contributed by atoms with Crippen LogP contribution >= 0.6 is 11.8 Å². The quantitative estimate of drug-likeness (QED) is 0.497. The summed E-state index contributed by atoms with van der Waals surface area (Å²) in [6.07, 6.45) is 3.59. The van der Waals surface area contributed by atoms with Crippen molar-refractivity contribution in [3.8, 4) is 0 Å². The van der Waals surface area contributed by atoms with E-state index in [0.717, 1.165) is 5.16 Å². The number of nitro benzene ring substituents is 1. The number of nitro groups is 1. The number of non-ortho nitro benzene ring substituents is 1. The van der Waals surface area contributed by atoms with Gasteiger partial charge in [-0.3, -0.25) is 14.9 Å². The Hall–Kier alpha value is -2.35. The Bertz CT molecular complexity index is 727. The number of aromatic nitrogens is 2. The summed E-state index contributed by atoms with van der Waals surface area (Å²) in [4.78, 5) is 26.5. The van der Waals surface area contributed by atoms with Crippen molar-refractivity contribution in [3.63, 3.8) is 0 Å². The number of hydrogen-bond acceptors (Lipinski definition) is 5. The zero-order valence-electron chi connectivity index (χ0n) is 13.1. The number of carbonyl (C=O) groups excluding carboxylic acids is 1. The maximum atomic E-state index is 12.1. The van der Waals surface area contributed by atoms with Crippen molar-refractivity contribution in [3.05, 3.63) is 46.3 Å². The summed E-state index contributed by atoms with van der Waals surface area (Å²) in [5.41, 5.74) is 1.24. The van der Waals surface area contributed by atoms with Crippen molar-refractivity contribution in [1.29, 1.82) is 0 Å². The molecule has 0 saturated carbocycles. The summed E-state index contributed by atoms with van der Waals surface area (Å²) < 4.78 is 2.00. The van der Waals surface area contributed by atoms with Gasteiger partial charge in [0.15, 0.2) is 5.16 Å². The second-order valence-electron chi connectivity index (χ2n) is 5.30. The van der Waals surface area contributed by atoms with Gasteiger partial charge in [0.05, 0.1) is 10.7 Å². The SMILES string of the molecule is Cc1cc([N+](=O)[O-])ccc1NC(=O)CSc1nccn1C(C)C. The molecule has 8 heteroatoms. The molecule has 1 aromatic carbocycles. The maximum absolute atomic E-state index is 12.1. The van der Waals surface area contributed by atoms with Crippen molar-refractivity contribution in [1.82, 2.24) is 9.55 Å². The lowest BCUT2D eigenvalue weighted by Gasteiger charge is -2.11. The van der Waals surface area contributed by atoms with E-state index < -0.39 is 4.92 Å². The molecule has 0 bridgehead atoms. The van der Waals surface area contributed by atoms with E-state index in [0.29, 0.717) is 11.3 Å². The summed E-state index contributed by atoms with van der Waals surface area (Å²) in [7, 11) is 0. The Morgan fingerprint density at radius 3 is 2.83 bits per heavy atom. The molecule has 0 saturated heterocycles. The second-order valence-corrected chi connectivity index (χ2v) is 6.25. The lowest BCUT2D eigenvalue weighted by Crippen LogP contribution is -2.15. The molecule has 0 radical (unpaired) electrons. The number of carbonyl (C=O) groups is 1. The minimum absolute atomic E-state index is 0.00818. The van der Waals surface area contributed by atoms with Crippen LogP contribution in [0.15, 0.2) is 35.7 Å². The van der Waals surface area contributed by atoms with Crippen molar-refractivity contribution in [2.24, 2.45) is 0 Å². The summed E-state index contributed by atoms with van der Waals surface area (Å²) in [5, 5.41) is 14.3. The van der Waals surface area contributed by atoms with Crippen molar-refractivity contribution >= 4 is 29.0 Å². The van der Waals surface area contributed by atoms with Gasteiger partial charge in [-0.1, -0.05) is 11.8 Å². The largest absolute Gasteiger partial charge is 0.325 e. The summed E-state index contributed by atoms with van der Waals surface area (Å²) in [6.45, 7) is 5.82. The predicted octanol–water partition coefficient (Wildman–Crippen LogP) is 3.41. The predicted molar refractivity (Wildman–Crippen MR) is 89.8 cm³/mol. The van der Waals surface area contributed by atoms with Crippen molar-refractivity contribution in [2.45, 2.75) is 32.0 Å². The molecule has 1 N–H and O–H groups in total. The molecule has 7 nitrogen and oxygen atoms in total. The number of anilines is 1. The van der Waals surface area contributed by atoms with Crippen LogP contribution < -0.4 is 5.32 Å². The fraction of sp³-hybridized carbons (Fsp3) is 0.333. The highest BCUT2D eigenvalue weighted by atomic mass is 32.2. The average molecular weight is 334 g/mol. The summed E-state index contributed by atoms with van der Waals surface area (Å²) in [6, 6.07) is 4.64. The third kappa shape index (κ3) is 4.32. The Morgan fingerprint density at radius 2 is 2.22 bits per heavy atom. The molecule has 1 amide bonds. The third-order valence-corrected chi connectivity index (χ3v) is 4.20. The normalized spacial score (nSPS) is 10.8. The molecule has 0 aliphatic carbocycles. The van der Waals surface area contributed by atoms with Crippen LogP contribution in [0.25, 0.3) is 0 Å². The van der Waals surface area contributed by atoms with Crippen LogP contribution in [0.4, 0.5) is 11.4 Å². The van der Waals surface area contributed by atoms with Crippen LogP contribution in [-0.4, -0.2) is 26.1 Å². The minimum atomic E-state index is -0.458. The smallest absolute Gasteiger partial charge is 0.269 e. The minimum Gasteiger partial charge on any atom is -0.325 e. The monoisotopic (exact) mass is 334 g/mol. The molecule has 0 spiro atoms. The van der Waals surface area contributed by atoms with Crippen LogP contribution in [-0.2, 0) is 4.79 Å². The van der Waals surface area contributed by atoms with Crippen molar-refractivity contribution in [2.75, 3.05) is 11.1 Å². The average Bonchev–Trinajstić information content (AvgIpc) is 2.95. The van der Waals surface area contributed by atoms with Gasteiger partial charge >= 0.3 is 0 Å². The summed E-state index contributed by atoms with van der Waals surface area (Å²) >= 11 is 1.35. The van der Waals surface area contributed by atoms with Gasteiger partial charge in [-0.15, -0.1) is 0 Å². The van der Waals surface area contributed by atoms with E-state index in [9.17, 15) is 14.9 Å². The fourth-order valence-corrected chi connectivity index (χ4v) is 2.91. The Morgan fingerprint density at radius 1 is 1.48 bits per heavy atom. The Kier molecular flexibility index (Phi) is 5.38. The van der Waals surface area contributed by atoms with Gasteiger partial charge in [0, 0.05) is 36.3 Å². The van der Waals surface area contributed by atoms with E-state index in [1.807, 2.05) is 24.6 Å². The number of thioether (sulfide) groups is 1. The molecule has 0 atom stereocenters. The van der Waals surface area contributed by atoms with E-state index in [4.69, 9.17) is 0 Å². The number of imidazole rings is 1. The van der Waals surface area contributed by atoms with Gasteiger partial charge < -0.3 is 9.88 Å². The fourth-order valence-electron chi connectivity index (χ4n) is 2.02. The molecule has 1 aromatic heterocycles. The number of amides is 1. The number of hydrogen-bond donors (Lipinski definition) is 1. The van der Waals surface area contributed by atoms with Gasteiger partial charge in [0.25, 0.3) is 5.69 Å². The molecule has 2 aromatic rings. The lowest BCUT2D eigenvalue weighted by atomic mass is 10.2. The molecule has 23 heavy (non-hydrogen) atoms. The van der Waals surface area contributed by atoms with E-state index in [-0.39, 0.29) is 23.4 Å². The highest BCUT2D eigenvalue weighted by Crippen LogP contribution is 2.23. The number of benzene rings is 1. The zero-order chi connectivity index (χ0) is 17.0. The number of nitrogens with one attached hydrogen (secondary N) is 1. The second kappa shape index (κ2) is 7.28. The van der Waals surface area contributed by atoms with Gasteiger partial charge in [-0.2, -0.15) is 0 Å². The topological polar surface area (TPSA) is 90.1 Å². The molecule has 0 unspecified atom stereocenters. The van der Waals surface area contributed by atoms with Crippen LogP contribution in [0.1, 0.15) is 25.5 Å². The van der Waals surface area contributed by atoms with Gasteiger partial charge in [-0.25, -0.2) is 4.98 Å². The zero-order valence-corrected chi connectivity index (χ0v) is 14.0. The van der Waals surface area contributed by atoms with Gasteiger partial charge in [-0.05, 0) is 32.4 Å². The first-order chi connectivity index (χ1) is 10.9. The lowest BCUT2D eigenvalue weighted by molar-refractivity contribution is -0.384. The Balaban J connectivity index is 1.97. The van der Waals surface area contributed by atoms with E-state index in [1.54, 1.807) is 19.2 Å². The number of rotatable bonds is 6. The highest BCUT2D eigenvalue weighted by Gasteiger charge is 2.12. The van der Waals surface area contributed by atoms with Gasteiger partial charge in [0.2, 0.25) is 5.91 Å². The van der Waals surface area contributed by atoms with E-state index in [1.165, 1.54) is 23.9 Å². The molecule has 122 valence electrons. The molecule has 1 heterocycles. The first kappa shape index (κ1) is 17.0. The molecule has 0 fully saturated rings. The molecular weight excluding hydrogens is 316 g/mol. The van der Waals surface area contributed by atoms with E-state index >= 15 is 0 Å². The first-order valence-electron chi connectivity index (χ1n) is 7.09. The highest BCUT2D eigenvalue weighted by molar-refractivity contribution is 7.99. The van der Waals surface area contributed by atoms with Crippen LogP contribution in [0.2, 0.25) is 0 Å². The maximum Gasteiger partial charge on any atom is 0.269 e. The standard InChI is InChI=1S/C15H18N4O3S/c1-10(2)18-7-6-16-15(18)23-9-14(20)17-13-5-4-12(19(21)22)8-11(13)3/h4-8,10H,9H2,1-3H3,(H,17,20). The van der Waals surface area contributed by atoms with Gasteiger partial charge in [0.1, 0.15) is 0 Å².